The number of aromatic nitrogens is 2. The van der Waals surface area contributed by atoms with Crippen molar-refractivity contribution in [3.63, 3.8) is 0 Å². The Morgan fingerprint density at radius 3 is 2.54 bits per heavy atom. The molecule has 7 nitrogen and oxygen atoms in total. The van der Waals surface area contributed by atoms with E-state index in [1.54, 1.807) is 6.07 Å². The van der Waals surface area contributed by atoms with E-state index in [2.05, 4.69) is 10.4 Å². The largest absolute Gasteiger partial charge is 0.478 e. The van der Waals surface area contributed by atoms with Crippen LogP contribution < -0.4 is 5.32 Å². The van der Waals surface area contributed by atoms with Gasteiger partial charge in [-0.15, -0.1) is 0 Å². The zero-order valence-electron chi connectivity index (χ0n) is 15.8. The Labute approximate surface area is 153 Å². The minimum Gasteiger partial charge on any atom is -0.478 e. The SMILES string of the molecule is COCc1cc(NC(=O)C(C)Cc2c(C)nn(C)c2C)cc(C(=O)O)c1. The summed E-state index contributed by atoms with van der Waals surface area (Å²) >= 11 is 0. The number of carbonyl (C=O) groups excluding carboxylic acids is 1. The van der Waals surface area contributed by atoms with E-state index in [4.69, 9.17) is 4.74 Å². The fourth-order valence-corrected chi connectivity index (χ4v) is 2.91. The monoisotopic (exact) mass is 359 g/mol. The average molecular weight is 359 g/mol. The van der Waals surface area contributed by atoms with Crippen LogP contribution in [0.3, 0.4) is 0 Å². The van der Waals surface area contributed by atoms with Crippen molar-refractivity contribution >= 4 is 17.6 Å². The Balaban J connectivity index is 2.16. The van der Waals surface area contributed by atoms with Gasteiger partial charge in [-0.1, -0.05) is 6.92 Å². The number of aryl methyl sites for hydroxylation is 2. The summed E-state index contributed by atoms with van der Waals surface area (Å²) in [6, 6.07) is 4.71. The molecule has 2 aromatic rings. The van der Waals surface area contributed by atoms with Crippen molar-refractivity contribution in [2.45, 2.75) is 33.8 Å². The molecule has 1 amide bonds. The summed E-state index contributed by atoms with van der Waals surface area (Å²) in [4.78, 5) is 23.9. The Hall–Kier alpha value is -2.67. The maximum absolute atomic E-state index is 12.6. The van der Waals surface area contributed by atoms with E-state index in [1.165, 1.54) is 19.2 Å². The molecule has 0 saturated heterocycles. The number of hydrogen-bond acceptors (Lipinski definition) is 4. The molecule has 2 rings (SSSR count). The molecule has 0 aliphatic heterocycles. The van der Waals surface area contributed by atoms with Gasteiger partial charge in [0.05, 0.1) is 17.9 Å². The Morgan fingerprint density at radius 2 is 2.00 bits per heavy atom. The van der Waals surface area contributed by atoms with Crippen LogP contribution in [-0.2, 0) is 29.6 Å². The van der Waals surface area contributed by atoms with E-state index in [-0.39, 0.29) is 24.0 Å². The van der Waals surface area contributed by atoms with Crippen LogP contribution in [0, 0.1) is 19.8 Å². The molecule has 26 heavy (non-hydrogen) atoms. The van der Waals surface area contributed by atoms with Gasteiger partial charge in [0.1, 0.15) is 0 Å². The number of hydrogen-bond donors (Lipinski definition) is 2. The molecular weight excluding hydrogens is 334 g/mol. The van der Waals surface area contributed by atoms with E-state index < -0.39 is 5.97 Å². The molecule has 2 N–H and O–H groups in total. The van der Waals surface area contributed by atoms with E-state index in [1.807, 2.05) is 32.5 Å². The van der Waals surface area contributed by atoms with Crippen LogP contribution in [0.1, 0.15) is 39.8 Å². The zero-order chi connectivity index (χ0) is 19.4. The molecule has 1 aromatic carbocycles. The summed E-state index contributed by atoms with van der Waals surface area (Å²) in [7, 11) is 3.41. The van der Waals surface area contributed by atoms with Crippen LogP contribution in [0.5, 0.6) is 0 Å². The molecular formula is C19H25N3O4. The van der Waals surface area contributed by atoms with Crippen LogP contribution in [0.2, 0.25) is 0 Å². The van der Waals surface area contributed by atoms with Crippen molar-refractivity contribution in [1.29, 1.82) is 0 Å². The highest BCUT2D eigenvalue weighted by Gasteiger charge is 2.19. The number of carboxylic acids is 1. The molecule has 1 unspecified atom stereocenters. The molecule has 1 aromatic heterocycles. The summed E-state index contributed by atoms with van der Waals surface area (Å²) < 4.78 is 6.87. The number of nitrogens with zero attached hydrogens (tertiary/aromatic N) is 2. The molecule has 1 heterocycles. The molecule has 1 atom stereocenters. The van der Waals surface area contributed by atoms with E-state index in [9.17, 15) is 14.7 Å². The molecule has 0 spiro atoms. The maximum Gasteiger partial charge on any atom is 0.335 e. The first-order valence-electron chi connectivity index (χ1n) is 8.39. The van der Waals surface area contributed by atoms with Gasteiger partial charge in [-0.05, 0) is 49.6 Å². The fraction of sp³-hybridized carbons (Fsp3) is 0.421. The molecule has 0 saturated carbocycles. The molecule has 0 fully saturated rings. The van der Waals surface area contributed by atoms with Crippen LogP contribution >= 0.6 is 0 Å². The summed E-state index contributed by atoms with van der Waals surface area (Å²) in [6.45, 7) is 6.03. The van der Waals surface area contributed by atoms with Gasteiger partial charge in [-0.3, -0.25) is 9.48 Å². The Morgan fingerprint density at radius 1 is 1.31 bits per heavy atom. The summed E-state index contributed by atoms with van der Waals surface area (Å²) in [5.74, 6) is -1.50. The molecule has 0 bridgehead atoms. The highest BCUT2D eigenvalue weighted by atomic mass is 16.5. The smallest absolute Gasteiger partial charge is 0.335 e. The summed E-state index contributed by atoms with van der Waals surface area (Å²) in [6.07, 6.45) is 0.570. The number of amides is 1. The quantitative estimate of drug-likeness (QED) is 0.793. The zero-order valence-corrected chi connectivity index (χ0v) is 15.8. The normalized spacial score (nSPS) is 12.0. The van der Waals surface area contributed by atoms with E-state index in [0.29, 0.717) is 17.7 Å². The lowest BCUT2D eigenvalue weighted by molar-refractivity contribution is -0.119. The number of methoxy groups -OCH3 is 1. The van der Waals surface area contributed by atoms with Gasteiger partial charge in [0.2, 0.25) is 5.91 Å². The number of carboxylic acid groups (broad SMARTS) is 1. The first-order valence-corrected chi connectivity index (χ1v) is 8.39. The van der Waals surface area contributed by atoms with Crippen molar-refractivity contribution in [3.05, 3.63) is 46.3 Å². The number of ether oxygens (including phenoxy) is 1. The van der Waals surface area contributed by atoms with Gasteiger partial charge in [0.25, 0.3) is 0 Å². The Bertz CT molecular complexity index is 826. The van der Waals surface area contributed by atoms with Gasteiger partial charge in [-0.25, -0.2) is 4.79 Å². The minimum absolute atomic E-state index is 0.112. The topological polar surface area (TPSA) is 93.5 Å². The lowest BCUT2D eigenvalue weighted by Crippen LogP contribution is -2.23. The van der Waals surface area contributed by atoms with E-state index >= 15 is 0 Å². The van der Waals surface area contributed by atoms with Crippen LogP contribution in [-0.4, -0.2) is 33.9 Å². The number of rotatable bonds is 7. The lowest BCUT2D eigenvalue weighted by atomic mass is 9.98. The van der Waals surface area contributed by atoms with E-state index in [0.717, 1.165) is 17.0 Å². The van der Waals surface area contributed by atoms with Crippen LogP contribution in [0.4, 0.5) is 5.69 Å². The fourth-order valence-electron chi connectivity index (χ4n) is 2.91. The number of carbonyl (C=O) groups is 2. The second-order valence-electron chi connectivity index (χ2n) is 6.52. The second-order valence-corrected chi connectivity index (χ2v) is 6.52. The number of anilines is 1. The first kappa shape index (κ1) is 19.7. The van der Waals surface area contributed by atoms with Crippen LogP contribution in [0.25, 0.3) is 0 Å². The minimum atomic E-state index is -1.05. The van der Waals surface area contributed by atoms with Crippen molar-refractivity contribution < 1.29 is 19.4 Å². The molecule has 0 aliphatic rings. The third-order valence-corrected chi connectivity index (χ3v) is 4.44. The number of aromatic carboxylic acids is 1. The highest BCUT2D eigenvalue weighted by Crippen LogP contribution is 2.20. The van der Waals surface area contributed by atoms with Crippen LogP contribution in [0.15, 0.2) is 18.2 Å². The van der Waals surface area contributed by atoms with Crippen molar-refractivity contribution in [3.8, 4) is 0 Å². The summed E-state index contributed by atoms with van der Waals surface area (Å²) in [5.41, 5.74) is 4.27. The summed E-state index contributed by atoms with van der Waals surface area (Å²) in [5, 5.41) is 16.4. The average Bonchev–Trinajstić information content (AvgIpc) is 2.81. The molecule has 0 aliphatic carbocycles. The predicted molar refractivity (Wildman–Crippen MR) is 98.3 cm³/mol. The van der Waals surface area contributed by atoms with Gasteiger partial charge in [-0.2, -0.15) is 5.10 Å². The van der Waals surface area contributed by atoms with Gasteiger partial charge >= 0.3 is 5.97 Å². The van der Waals surface area contributed by atoms with Crippen molar-refractivity contribution in [1.82, 2.24) is 9.78 Å². The highest BCUT2D eigenvalue weighted by molar-refractivity contribution is 5.95. The second kappa shape index (κ2) is 8.14. The third kappa shape index (κ3) is 4.49. The predicted octanol–water partition coefficient (Wildman–Crippen LogP) is 2.70. The molecule has 7 heteroatoms. The third-order valence-electron chi connectivity index (χ3n) is 4.44. The number of benzene rings is 1. The maximum atomic E-state index is 12.6. The standard InChI is InChI=1S/C19H25N3O4/c1-11(6-17-12(2)21-22(4)13(17)3)18(23)20-16-8-14(10-26-5)7-15(9-16)19(24)25/h7-9,11H,6,10H2,1-5H3,(H,20,23)(H,24,25). The first-order chi connectivity index (χ1) is 12.2. The lowest BCUT2D eigenvalue weighted by Gasteiger charge is -2.14. The molecule has 140 valence electrons. The van der Waals surface area contributed by atoms with Crippen molar-refractivity contribution in [2.75, 3.05) is 12.4 Å². The van der Waals surface area contributed by atoms with Crippen molar-refractivity contribution in [2.24, 2.45) is 13.0 Å². The molecule has 0 radical (unpaired) electrons. The van der Waals surface area contributed by atoms with Gasteiger partial charge < -0.3 is 15.2 Å². The number of nitrogens with one attached hydrogen (secondary N) is 1. The Kier molecular flexibility index (Phi) is 6.15. The van der Waals surface area contributed by atoms with Gasteiger partial charge in [0, 0.05) is 31.5 Å². The van der Waals surface area contributed by atoms with Gasteiger partial charge in [0.15, 0.2) is 0 Å².